The fraction of sp³-hybridized carbons (Fsp3) is 0.147. The van der Waals surface area contributed by atoms with Crippen LogP contribution >= 0.6 is 0 Å². The van der Waals surface area contributed by atoms with E-state index in [1.165, 1.54) is 46.3 Å². The van der Waals surface area contributed by atoms with Gasteiger partial charge in [0.25, 0.3) is 0 Å². The summed E-state index contributed by atoms with van der Waals surface area (Å²) in [5, 5.41) is 9.29. The smallest absolute Gasteiger partial charge is 0.335 e. The third-order valence-corrected chi connectivity index (χ3v) is 8.33. The summed E-state index contributed by atoms with van der Waals surface area (Å²) in [5.74, 6) is -1.50. The van der Waals surface area contributed by atoms with Crippen molar-refractivity contribution in [3.05, 3.63) is 124 Å². The number of ketones is 2. The second-order valence-corrected chi connectivity index (χ2v) is 10.5. The molecule has 2 unspecified atom stereocenters. The number of allylic oxidation sites excluding steroid dienone is 1. The van der Waals surface area contributed by atoms with E-state index in [4.69, 9.17) is 0 Å². The number of hydrogen-bond acceptors (Lipinski definition) is 4. The van der Waals surface area contributed by atoms with Gasteiger partial charge in [0.15, 0.2) is 11.6 Å². The van der Waals surface area contributed by atoms with Gasteiger partial charge in [0.2, 0.25) is 0 Å². The molecule has 0 aromatic heterocycles. The van der Waals surface area contributed by atoms with Crippen LogP contribution in [0.1, 0.15) is 67.4 Å². The highest BCUT2D eigenvalue weighted by molar-refractivity contribution is 6.41. The minimum absolute atomic E-state index is 0.00199. The molecule has 39 heavy (non-hydrogen) atoms. The lowest BCUT2D eigenvalue weighted by Crippen LogP contribution is -2.26. The molecule has 4 aromatic carbocycles. The fourth-order valence-corrected chi connectivity index (χ4v) is 6.50. The van der Waals surface area contributed by atoms with Gasteiger partial charge in [-0.05, 0) is 83.6 Å². The third-order valence-electron chi connectivity index (χ3n) is 8.33. The highest BCUT2D eigenvalue weighted by Crippen LogP contribution is 2.52. The Morgan fingerprint density at radius 1 is 0.795 bits per heavy atom. The Morgan fingerprint density at radius 2 is 1.54 bits per heavy atom. The van der Waals surface area contributed by atoms with Gasteiger partial charge in [-0.2, -0.15) is 0 Å². The molecule has 0 spiro atoms. The maximum Gasteiger partial charge on any atom is 0.335 e. The number of carbonyl (C=O) groups is 3. The number of rotatable bonds is 4. The van der Waals surface area contributed by atoms with Gasteiger partial charge in [-0.25, -0.2) is 4.79 Å². The number of hydrogen-bond donors (Lipinski definition) is 1. The van der Waals surface area contributed by atoms with Crippen molar-refractivity contribution in [3.8, 4) is 11.1 Å². The van der Waals surface area contributed by atoms with Crippen molar-refractivity contribution in [2.24, 2.45) is 0 Å². The third kappa shape index (κ3) is 3.73. The van der Waals surface area contributed by atoms with Gasteiger partial charge >= 0.3 is 5.97 Å². The molecule has 2 atom stereocenters. The minimum Gasteiger partial charge on any atom is -0.478 e. The van der Waals surface area contributed by atoms with E-state index in [-0.39, 0.29) is 28.0 Å². The number of carboxylic acids is 1. The molecule has 5 heteroatoms. The van der Waals surface area contributed by atoms with E-state index in [0.29, 0.717) is 12.0 Å². The molecule has 0 amide bonds. The zero-order valence-electron chi connectivity index (χ0n) is 21.1. The SMILES string of the molecule is O=C(O)c1ccc2c(c1)C(=O)C(=Cc1ccc3c(c1)C1CCCC1N3c1ccc(-c3ccccc3)cc1)C2=O. The molecule has 2 aliphatic carbocycles. The number of carboxylic acid groups (broad SMARTS) is 1. The molecule has 1 N–H and O–H groups in total. The number of benzene rings is 4. The summed E-state index contributed by atoms with van der Waals surface area (Å²) in [6.45, 7) is 0. The van der Waals surface area contributed by atoms with Crippen molar-refractivity contribution in [1.82, 2.24) is 0 Å². The Labute approximate surface area is 226 Å². The maximum atomic E-state index is 13.1. The summed E-state index contributed by atoms with van der Waals surface area (Å²) >= 11 is 0. The van der Waals surface area contributed by atoms with E-state index in [0.717, 1.165) is 24.8 Å². The van der Waals surface area contributed by atoms with Gasteiger partial charge in [-0.3, -0.25) is 9.59 Å². The van der Waals surface area contributed by atoms with E-state index in [2.05, 4.69) is 65.6 Å². The molecular weight excluding hydrogens is 486 g/mol. The molecule has 1 saturated carbocycles. The lowest BCUT2D eigenvalue weighted by Gasteiger charge is -2.27. The molecular formula is C34H25NO4. The van der Waals surface area contributed by atoms with E-state index < -0.39 is 11.8 Å². The zero-order valence-corrected chi connectivity index (χ0v) is 21.1. The van der Waals surface area contributed by atoms with Crippen molar-refractivity contribution in [2.75, 3.05) is 4.90 Å². The zero-order chi connectivity index (χ0) is 26.7. The van der Waals surface area contributed by atoms with Crippen LogP contribution in [0.15, 0.2) is 96.6 Å². The van der Waals surface area contributed by atoms with Crippen LogP contribution in [0.4, 0.5) is 11.4 Å². The number of fused-ring (bicyclic) bond motifs is 4. The topological polar surface area (TPSA) is 74.7 Å². The number of Topliss-reactive ketones (excluding diaryl/α,β-unsaturated/α-hetero) is 2. The molecule has 190 valence electrons. The first-order chi connectivity index (χ1) is 19.0. The average Bonchev–Trinajstić information content (AvgIpc) is 3.62. The quantitative estimate of drug-likeness (QED) is 0.230. The Balaban J connectivity index is 1.23. The van der Waals surface area contributed by atoms with Gasteiger partial charge < -0.3 is 10.0 Å². The van der Waals surface area contributed by atoms with Gasteiger partial charge in [-0.1, -0.05) is 55.0 Å². The molecule has 7 rings (SSSR count). The summed E-state index contributed by atoms with van der Waals surface area (Å²) in [6.07, 6.45) is 5.05. The van der Waals surface area contributed by atoms with E-state index in [1.54, 1.807) is 6.08 Å². The number of anilines is 2. The first kappa shape index (κ1) is 23.4. The Morgan fingerprint density at radius 3 is 2.31 bits per heavy atom. The minimum atomic E-state index is -1.13. The predicted octanol–water partition coefficient (Wildman–Crippen LogP) is 7.30. The Bertz CT molecular complexity index is 1700. The van der Waals surface area contributed by atoms with E-state index in [1.807, 2.05) is 12.1 Å². The molecule has 0 bridgehead atoms. The molecule has 1 aliphatic heterocycles. The van der Waals surface area contributed by atoms with Crippen LogP contribution in [-0.2, 0) is 0 Å². The highest BCUT2D eigenvalue weighted by Gasteiger charge is 2.42. The van der Waals surface area contributed by atoms with Crippen LogP contribution < -0.4 is 4.90 Å². The summed E-state index contributed by atoms with van der Waals surface area (Å²) in [6, 6.07) is 29.8. The first-order valence-corrected chi connectivity index (χ1v) is 13.3. The van der Waals surface area contributed by atoms with Crippen molar-refractivity contribution < 1.29 is 19.5 Å². The normalized spacial score (nSPS) is 20.3. The molecule has 0 saturated heterocycles. The summed E-state index contributed by atoms with van der Waals surface area (Å²) < 4.78 is 0. The maximum absolute atomic E-state index is 13.1. The standard InChI is InChI=1S/C34H25NO4/c36-32-26-15-12-23(34(38)39)19-28(26)33(37)29(32)18-20-9-16-31-27(17-20)25-7-4-8-30(25)35(31)24-13-10-22(11-14-24)21-5-2-1-3-6-21/h1-3,5-6,9-19,25,30H,4,7-8H2,(H,38,39). The van der Waals surface area contributed by atoms with Crippen LogP contribution in [0.3, 0.4) is 0 Å². The van der Waals surface area contributed by atoms with Gasteiger partial charge in [0, 0.05) is 34.5 Å². The average molecular weight is 512 g/mol. The van der Waals surface area contributed by atoms with E-state index >= 15 is 0 Å². The van der Waals surface area contributed by atoms with Crippen molar-refractivity contribution in [3.63, 3.8) is 0 Å². The molecule has 1 heterocycles. The van der Waals surface area contributed by atoms with Crippen LogP contribution in [0.5, 0.6) is 0 Å². The molecule has 4 aromatic rings. The summed E-state index contributed by atoms with van der Waals surface area (Å²) in [5.41, 5.74) is 7.29. The first-order valence-electron chi connectivity index (χ1n) is 13.3. The Kier molecular flexibility index (Phi) is 5.34. The van der Waals surface area contributed by atoms with Gasteiger partial charge in [0.1, 0.15) is 0 Å². The van der Waals surface area contributed by atoms with Gasteiger partial charge in [-0.15, -0.1) is 0 Å². The monoisotopic (exact) mass is 511 g/mol. The fourth-order valence-electron chi connectivity index (χ4n) is 6.50. The van der Waals surface area contributed by atoms with Gasteiger partial charge in [0.05, 0.1) is 11.1 Å². The number of aromatic carboxylic acids is 1. The van der Waals surface area contributed by atoms with Crippen molar-refractivity contribution in [1.29, 1.82) is 0 Å². The second-order valence-electron chi connectivity index (χ2n) is 10.5. The molecule has 5 nitrogen and oxygen atoms in total. The molecule has 3 aliphatic rings. The number of nitrogens with zero attached hydrogens (tertiary/aromatic N) is 1. The Hall–Kier alpha value is -4.77. The van der Waals surface area contributed by atoms with Crippen LogP contribution in [-0.4, -0.2) is 28.7 Å². The largest absolute Gasteiger partial charge is 0.478 e. The summed E-state index contributed by atoms with van der Waals surface area (Å²) in [7, 11) is 0. The number of carbonyl (C=O) groups excluding carboxylic acids is 2. The van der Waals surface area contributed by atoms with Crippen molar-refractivity contribution >= 4 is 35.0 Å². The van der Waals surface area contributed by atoms with Crippen LogP contribution in [0.2, 0.25) is 0 Å². The summed E-state index contributed by atoms with van der Waals surface area (Å²) in [4.78, 5) is 39.9. The lowest BCUT2D eigenvalue weighted by molar-refractivity contribution is 0.0696. The van der Waals surface area contributed by atoms with Crippen LogP contribution in [0, 0.1) is 0 Å². The lowest BCUT2D eigenvalue weighted by atomic mass is 9.95. The highest BCUT2D eigenvalue weighted by atomic mass is 16.4. The molecule has 0 radical (unpaired) electrons. The molecule has 1 fully saturated rings. The van der Waals surface area contributed by atoms with E-state index in [9.17, 15) is 19.5 Å². The second kappa shape index (κ2) is 8.91. The predicted molar refractivity (Wildman–Crippen MR) is 151 cm³/mol. The van der Waals surface area contributed by atoms with Crippen LogP contribution in [0.25, 0.3) is 17.2 Å². The van der Waals surface area contributed by atoms with Crippen molar-refractivity contribution in [2.45, 2.75) is 31.2 Å².